The lowest BCUT2D eigenvalue weighted by molar-refractivity contribution is 1.10. The summed E-state index contributed by atoms with van der Waals surface area (Å²) in [6.45, 7) is 0. The Kier molecular flexibility index (Phi) is 2.81. The third-order valence-corrected chi connectivity index (χ3v) is 2.91. The molecule has 3 rings (SSSR count). The molecule has 6 heteroatoms. The van der Waals surface area contributed by atoms with Gasteiger partial charge in [-0.1, -0.05) is 29.3 Å². The molecule has 0 aliphatic rings. The topological polar surface area (TPSA) is 53.6 Å². The SMILES string of the molecule is Clc1cccc(Nc2[nH]nc3ncc(Cl)cc23)c1. The summed E-state index contributed by atoms with van der Waals surface area (Å²) < 4.78 is 0. The van der Waals surface area contributed by atoms with E-state index in [9.17, 15) is 0 Å². The standard InChI is InChI=1S/C12H8Cl2N4/c13-7-2-1-3-9(4-7)16-12-10-5-8(14)6-15-11(10)17-18-12/h1-6H,(H2,15,16,17,18). The Labute approximate surface area is 113 Å². The fourth-order valence-electron chi connectivity index (χ4n) is 1.68. The normalized spacial score (nSPS) is 10.8. The number of aromatic nitrogens is 3. The summed E-state index contributed by atoms with van der Waals surface area (Å²) in [4.78, 5) is 4.12. The molecular formula is C12H8Cl2N4. The number of nitrogens with zero attached hydrogens (tertiary/aromatic N) is 2. The van der Waals surface area contributed by atoms with Crippen molar-refractivity contribution in [1.82, 2.24) is 15.2 Å². The number of halogens is 2. The Bertz CT molecular complexity index is 708. The van der Waals surface area contributed by atoms with Gasteiger partial charge in [0.1, 0.15) is 5.82 Å². The third kappa shape index (κ3) is 2.12. The number of fused-ring (bicyclic) bond motifs is 1. The van der Waals surface area contributed by atoms with Crippen LogP contribution in [-0.4, -0.2) is 15.2 Å². The Morgan fingerprint density at radius 1 is 1.11 bits per heavy atom. The van der Waals surface area contributed by atoms with Crippen LogP contribution in [0.1, 0.15) is 0 Å². The minimum atomic E-state index is 0.568. The van der Waals surface area contributed by atoms with Crippen molar-refractivity contribution in [2.45, 2.75) is 0 Å². The van der Waals surface area contributed by atoms with E-state index in [1.165, 1.54) is 0 Å². The van der Waals surface area contributed by atoms with Crippen molar-refractivity contribution in [2.75, 3.05) is 5.32 Å². The quantitative estimate of drug-likeness (QED) is 0.745. The van der Waals surface area contributed by atoms with E-state index in [-0.39, 0.29) is 0 Å². The zero-order valence-electron chi connectivity index (χ0n) is 9.11. The van der Waals surface area contributed by atoms with E-state index >= 15 is 0 Å². The predicted octanol–water partition coefficient (Wildman–Crippen LogP) is 4.01. The molecule has 0 radical (unpaired) electrons. The van der Waals surface area contributed by atoms with Gasteiger partial charge in [-0.3, -0.25) is 5.10 Å². The molecule has 0 aliphatic carbocycles. The summed E-state index contributed by atoms with van der Waals surface area (Å²) in [6, 6.07) is 9.23. The second-order valence-electron chi connectivity index (χ2n) is 3.76. The first-order chi connectivity index (χ1) is 8.72. The third-order valence-electron chi connectivity index (χ3n) is 2.47. The van der Waals surface area contributed by atoms with Crippen LogP contribution in [0.5, 0.6) is 0 Å². The Hall–Kier alpha value is -1.78. The van der Waals surface area contributed by atoms with Crippen molar-refractivity contribution in [3.8, 4) is 0 Å². The van der Waals surface area contributed by atoms with Crippen LogP contribution in [0.2, 0.25) is 10.0 Å². The van der Waals surface area contributed by atoms with Crippen molar-refractivity contribution in [3.63, 3.8) is 0 Å². The van der Waals surface area contributed by atoms with Gasteiger partial charge in [-0.05, 0) is 24.3 Å². The van der Waals surface area contributed by atoms with Crippen LogP contribution in [0.25, 0.3) is 11.0 Å². The zero-order chi connectivity index (χ0) is 12.5. The number of hydrogen-bond donors (Lipinski definition) is 2. The molecule has 0 fully saturated rings. The van der Waals surface area contributed by atoms with Gasteiger partial charge in [0.15, 0.2) is 5.65 Å². The number of pyridine rings is 1. The average Bonchev–Trinajstić information content (AvgIpc) is 2.72. The predicted molar refractivity (Wildman–Crippen MR) is 73.6 cm³/mol. The van der Waals surface area contributed by atoms with Gasteiger partial charge < -0.3 is 5.32 Å². The van der Waals surface area contributed by atoms with E-state index in [0.717, 1.165) is 16.9 Å². The van der Waals surface area contributed by atoms with Crippen molar-refractivity contribution in [3.05, 3.63) is 46.6 Å². The van der Waals surface area contributed by atoms with Gasteiger partial charge in [0.25, 0.3) is 0 Å². The highest BCUT2D eigenvalue weighted by Gasteiger charge is 2.07. The van der Waals surface area contributed by atoms with Gasteiger partial charge in [0, 0.05) is 16.9 Å². The molecular weight excluding hydrogens is 271 g/mol. The van der Waals surface area contributed by atoms with Gasteiger partial charge in [-0.2, -0.15) is 5.10 Å². The number of rotatable bonds is 2. The lowest BCUT2D eigenvalue weighted by Crippen LogP contribution is -1.90. The van der Waals surface area contributed by atoms with Gasteiger partial charge in [0.2, 0.25) is 0 Å². The number of benzene rings is 1. The molecule has 0 amide bonds. The van der Waals surface area contributed by atoms with Crippen molar-refractivity contribution in [1.29, 1.82) is 0 Å². The molecule has 0 saturated carbocycles. The smallest absolute Gasteiger partial charge is 0.183 e. The molecule has 2 N–H and O–H groups in total. The van der Waals surface area contributed by atoms with Crippen molar-refractivity contribution < 1.29 is 0 Å². The number of hydrogen-bond acceptors (Lipinski definition) is 3. The monoisotopic (exact) mass is 278 g/mol. The fourth-order valence-corrected chi connectivity index (χ4v) is 2.03. The molecule has 18 heavy (non-hydrogen) atoms. The van der Waals surface area contributed by atoms with E-state index < -0.39 is 0 Å². The van der Waals surface area contributed by atoms with Crippen molar-refractivity contribution >= 4 is 45.7 Å². The molecule has 4 nitrogen and oxygen atoms in total. The second kappa shape index (κ2) is 4.48. The lowest BCUT2D eigenvalue weighted by atomic mass is 10.3. The number of nitrogens with one attached hydrogen (secondary N) is 2. The Morgan fingerprint density at radius 3 is 2.83 bits per heavy atom. The first-order valence-corrected chi connectivity index (χ1v) is 6.00. The molecule has 2 heterocycles. The van der Waals surface area contributed by atoms with E-state index in [1.807, 2.05) is 24.3 Å². The van der Waals surface area contributed by atoms with Crippen LogP contribution >= 0.6 is 23.2 Å². The van der Waals surface area contributed by atoms with Crippen LogP contribution < -0.4 is 5.32 Å². The highest BCUT2D eigenvalue weighted by molar-refractivity contribution is 6.31. The summed E-state index contributed by atoms with van der Waals surface area (Å²) >= 11 is 11.9. The largest absolute Gasteiger partial charge is 0.340 e. The van der Waals surface area contributed by atoms with E-state index in [1.54, 1.807) is 12.3 Å². The van der Waals surface area contributed by atoms with Gasteiger partial charge in [0.05, 0.1) is 10.4 Å². The van der Waals surface area contributed by atoms with E-state index in [4.69, 9.17) is 23.2 Å². The first-order valence-electron chi connectivity index (χ1n) is 5.24. The maximum Gasteiger partial charge on any atom is 0.183 e. The molecule has 0 bridgehead atoms. The molecule has 0 spiro atoms. The maximum absolute atomic E-state index is 5.93. The molecule has 0 saturated heterocycles. The molecule has 90 valence electrons. The molecule has 0 unspecified atom stereocenters. The Morgan fingerprint density at radius 2 is 2.00 bits per heavy atom. The average molecular weight is 279 g/mol. The van der Waals surface area contributed by atoms with Crippen LogP contribution in [0.4, 0.5) is 11.5 Å². The highest BCUT2D eigenvalue weighted by Crippen LogP contribution is 2.25. The molecule has 3 aromatic rings. The van der Waals surface area contributed by atoms with Gasteiger partial charge in [-0.25, -0.2) is 4.98 Å². The number of anilines is 2. The minimum Gasteiger partial charge on any atom is -0.340 e. The summed E-state index contributed by atoms with van der Waals surface area (Å²) in [5, 5.41) is 12.2. The minimum absolute atomic E-state index is 0.568. The highest BCUT2D eigenvalue weighted by atomic mass is 35.5. The fraction of sp³-hybridized carbons (Fsp3) is 0. The molecule has 0 aliphatic heterocycles. The number of H-pyrrole nitrogens is 1. The molecule has 1 aromatic carbocycles. The second-order valence-corrected chi connectivity index (χ2v) is 4.63. The zero-order valence-corrected chi connectivity index (χ0v) is 10.6. The molecule has 0 atom stereocenters. The van der Waals surface area contributed by atoms with Crippen LogP contribution in [0, 0.1) is 0 Å². The lowest BCUT2D eigenvalue weighted by Gasteiger charge is -2.04. The maximum atomic E-state index is 5.93. The van der Waals surface area contributed by atoms with Gasteiger partial charge >= 0.3 is 0 Å². The van der Waals surface area contributed by atoms with Crippen LogP contribution in [0.15, 0.2) is 36.5 Å². The van der Waals surface area contributed by atoms with Crippen LogP contribution in [-0.2, 0) is 0 Å². The van der Waals surface area contributed by atoms with Crippen molar-refractivity contribution in [2.24, 2.45) is 0 Å². The summed E-state index contributed by atoms with van der Waals surface area (Å²) in [7, 11) is 0. The van der Waals surface area contributed by atoms with E-state index in [0.29, 0.717) is 15.7 Å². The summed E-state index contributed by atoms with van der Waals surface area (Å²) in [5.41, 5.74) is 1.48. The first kappa shape index (κ1) is 11.3. The number of aromatic amines is 1. The Balaban J connectivity index is 2.02. The van der Waals surface area contributed by atoms with E-state index in [2.05, 4.69) is 20.5 Å². The van der Waals surface area contributed by atoms with Crippen LogP contribution in [0.3, 0.4) is 0 Å². The summed E-state index contributed by atoms with van der Waals surface area (Å²) in [6.07, 6.45) is 1.56. The summed E-state index contributed by atoms with van der Waals surface area (Å²) in [5.74, 6) is 0.738. The van der Waals surface area contributed by atoms with Gasteiger partial charge in [-0.15, -0.1) is 0 Å². The molecule has 2 aromatic heterocycles.